The highest BCUT2D eigenvalue weighted by Gasteiger charge is 1.58. The summed E-state index contributed by atoms with van der Waals surface area (Å²) in [6, 6.07) is 0. The van der Waals surface area contributed by atoms with Crippen molar-refractivity contribution in [2.75, 3.05) is 13.2 Å². The second-order valence-electron chi connectivity index (χ2n) is 0.917. The summed E-state index contributed by atoms with van der Waals surface area (Å²) in [5, 5.41) is 15.2. The molecule has 0 bridgehead atoms. The molecule has 0 unspecified atom stereocenters. The van der Waals surface area contributed by atoms with Crippen LogP contribution >= 0.6 is 0 Å². The minimum Gasteiger partial charge on any atom is -0.474 e. The standard InChI is InChI=1S/C4H6O.C2H6O2.10C2H4/c1-3-5-4-2;3-1-2-4;10*1-2/h3-4H,1-2H2;3-4H,1-2H2;10*1-2H2. The molecule has 0 aromatic rings. The molecule has 174 valence electrons. The maximum Gasteiger partial charge on any atom is 0.0829 e. The molecule has 3 nitrogen and oxygen atoms in total. The van der Waals surface area contributed by atoms with Crippen LogP contribution in [0.1, 0.15) is 0 Å². The van der Waals surface area contributed by atoms with Crippen LogP contribution in [0.25, 0.3) is 0 Å². The Kier molecular flexibility index (Phi) is 15500. The maximum atomic E-state index is 7.62. The topological polar surface area (TPSA) is 49.7 Å². The van der Waals surface area contributed by atoms with Crippen LogP contribution in [0.3, 0.4) is 0 Å². The highest BCUT2D eigenvalue weighted by molar-refractivity contribution is 4.57. The Morgan fingerprint density at radius 1 is 0.379 bits per heavy atom. The molecule has 0 aromatic carbocycles. The lowest BCUT2D eigenvalue weighted by molar-refractivity contribution is 0.186. The van der Waals surface area contributed by atoms with Crippen LogP contribution in [0.2, 0.25) is 0 Å². The first-order valence-electron chi connectivity index (χ1n) is 7.42. The molecule has 0 aliphatic heterocycles. The van der Waals surface area contributed by atoms with Gasteiger partial charge in [0.25, 0.3) is 0 Å². The predicted molar refractivity (Wildman–Crippen MR) is 148 cm³/mol. The van der Waals surface area contributed by atoms with Crippen LogP contribution in [-0.4, -0.2) is 23.4 Å². The van der Waals surface area contributed by atoms with Gasteiger partial charge in [-0.2, -0.15) is 0 Å². The molecular weight excluding hydrogens is 360 g/mol. The van der Waals surface area contributed by atoms with E-state index in [1.54, 1.807) is 0 Å². The molecule has 0 atom stereocenters. The SMILES string of the molecule is C=C.C=C.C=C.C=C.C=C.C=C.C=C.C=C.C=C.C=C.C=COC=C.OCCO. The largest absolute Gasteiger partial charge is 0.474 e. The zero-order valence-corrected chi connectivity index (χ0v) is 19.4. The van der Waals surface area contributed by atoms with Gasteiger partial charge in [-0.05, 0) is 0 Å². The van der Waals surface area contributed by atoms with E-state index in [2.05, 4.69) is 149 Å². The molecule has 0 fully saturated rings. The molecule has 29 heavy (non-hydrogen) atoms. The molecule has 0 rings (SSSR count). The number of aliphatic hydroxyl groups excluding tert-OH is 2. The minimum absolute atomic E-state index is 0.125. The number of rotatable bonds is 3. The van der Waals surface area contributed by atoms with Gasteiger partial charge in [0.1, 0.15) is 0 Å². The summed E-state index contributed by atoms with van der Waals surface area (Å²) in [5.41, 5.74) is 0. The molecule has 0 aliphatic carbocycles. The summed E-state index contributed by atoms with van der Waals surface area (Å²) in [6.07, 6.45) is 2.62. The van der Waals surface area contributed by atoms with Crippen molar-refractivity contribution in [2.24, 2.45) is 0 Å². The second-order valence-corrected chi connectivity index (χ2v) is 0.917. The Morgan fingerprint density at radius 2 is 0.483 bits per heavy atom. The maximum absolute atomic E-state index is 7.62. The monoisotopic (exact) mass is 412 g/mol. The Hall–Kier alpha value is -3.40. The third kappa shape index (κ3) is 78500. The van der Waals surface area contributed by atoms with Crippen LogP contribution in [0, 0.1) is 0 Å². The van der Waals surface area contributed by atoms with E-state index >= 15 is 0 Å². The first-order chi connectivity index (χ1) is 14.3. The van der Waals surface area contributed by atoms with Gasteiger partial charge in [-0.15, -0.1) is 132 Å². The highest BCUT2D eigenvalue weighted by atomic mass is 16.5. The van der Waals surface area contributed by atoms with E-state index in [1.807, 2.05) is 0 Å². The normalized spacial score (nSPS) is 3.38. The summed E-state index contributed by atoms with van der Waals surface area (Å²) < 4.78 is 4.36. The number of hydrogen-bond acceptors (Lipinski definition) is 3. The van der Waals surface area contributed by atoms with Crippen molar-refractivity contribution in [1.29, 1.82) is 0 Å². The fourth-order valence-electron chi connectivity index (χ4n) is 0.0680. The van der Waals surface area contributed by atoms with Crippen molar-refractivity contribution < 1.29 is 14.9 Å². The van der Waals surface area contributed by atoms with Gasteiger partial charge < -0.3 is 14.9 Å². The number of hydrogen-bond donors (Lipinski definition) is 2. The molecule has 0 spiro atoms. The van der Waals surface area contributed by atoms with Crippen molar-refractivity contribution in [3.05, 3.63) is 157 Å². The predicted octanol–water partition coefficient (Wildman–Crippen LogP) is 8.28. The second kappa shape index (κ2) is 5350. The van der Waals surface area contributed by atoms with E-state index in [0.717, 1.165) is 0 Å². The van der Waals surface area contributed by atoms with Crippen molar-refractivity contribution in [2.45, 2.75) is 0 Å². The Morgan fingerprint density at radius 3 is 0.483 bits per heavy atom. The highest BCUT2D eigenvalue weighted by Crippen LogP contribution is 1.65. The average molecular weight is 413 g/mol. The van der Waals surface area contributed by atoms with E-state index in [9.17, 15) is 0 Å². The molecule has 0 aliphatic rings. The molecule has 3 heteroatoms. The van der Waals surface area contributed by atoms with Gasteiger partial charge in [-0.25, -0.2) is 0 Å². The lowest BCUT2D eigenvalue weighted by Gasteiger charge is -1.76. The summed E-state index contributed by atoms with van der Waals surface area (Å²) in [5.74, 6) is 0. The lowest BCUT2D eigenvalue weighted by atomic mass is 10.8. The van der Waals surface area contributed by atoms with E-state index in [4.69, 9.17) is 10.2 Å². The number of ether oxygens (including phenoxy) is 1. The van der Waals surface area contributed by atoms with Crippen molar-refractivity contribution in [3.8, 4) is 0 Å². The number of aliphatic hydroxyl groups is 2. The van der Waals surface area contributed by atoms with Gasteiger partial charge in [0.05, 0.1) is 25.7 Å². The lowest BCUT2D eigenvalue weighted by Crippen LogP contribution is -1.85. The summed E-state index contributed by atoms with van der Waals surface area (Å²) >= 11 is 0. The quantitative estimate of drug-likeness (QED) is 0.362. The van der Waals surface area contributed by atoms with Crippen LogP contribution in [0.5, 0.6) is 0 Å². The van der Waals surface area contributed by atoms with Crippen molar-refractivity contribution >= 4 is 0 Å². The molecule has 0 aromatic heterocycles. The Bertz CT molecular complexity index is 130. The van der Waals surface area contributed by atoms with Crippen molar-refractivity contribution in [3.63, 3.8) is 0 Å². The van der Waals surface area contributed by atoms with Gasteiger partial charge in [0, 0.05) is 0 Å². The molecule has 0 heterocycles. The third-order valence-electron chi connectivity index (χ3n) is 0.292. The molecule has 0 amide bonds. The van der Waals surface area contributed by atoms with E-state index in [-0.39, 0.29) is 13.2 Å². The van der Waals surface area contributed by atoms with E-state index in [1.165, 1.54) is 12.5 Å². The molecule has 0 saturated heterocycles. The zero-order valence-electron chi connectivity index (χ0n) is 19.4. The van der Waals surface area contributed by atoms with Crippen LogP contribution in [0.4, 0.5) is 0 Å². The van der Waals surface area contributed by atoms with Gasteiger partial charge >= 0.3 is 0 Å². The molecule has 0 saturated carbocycles. The first kappa shape index (κ1) is 83.8. The fraction of sp³-hybridized carbons (Fsp3) is 0.0769. The average Bonchev–Trinajstić information content (AvgIpc) is 2.92. The summed E-state index contributed by atoms with van der Waals surface area (Å²) in [7, 11) is 0. The van der Waals surface area contributed by atoms with Crippen LogP contribution in [0.15, 0.2) is 157 Å². The zero-order chi connectivity index (χ0) is 27.5. The van der Waals surface area contributed by atoms with Crippen LogP contribution < -0.4 is 0 Å². The van der Waals surface area contributed by atoms with E-state index in [0.29, 0.717) is 0 Å². The molecular formula is C26H52O3. The van der Waals surface area contributed by atoms with Crippen LogP contribution in [-0.2, 0) is 4.74 Å². The van der Waals surface area contributed by atoms with E-state index < -0.39 is 0 Å². The molecule has 2 N–H and O–H groups in total. The van der Waals surface area contributed by atoms with Crippen molar-refractivity contribution in [1.82, 2.24) is 0 Å². The third-order valence-corrected chi connectivity index (χ3v) is 0.292. The van der Waals surface area contributed by atoms with Gasteiger partial charge in [-0.1, -0.05) is 13.2 Å². The Balaban J connectivity index is -0.0000000112. The minimum atomic E-state index is -0.125. The van der Waals surface area contributed by atoms with Gasteiger partial charge in [0.15, 0.2) is 0 Å². The first-order valence-corrected chi connectivity index (χ1v) is 7.42. The summed E-state index contributed by atoms with van der Waals surface area (Å²) in [4.78, 5) is 0. The smallest absolute Gasteiger partial charge is 0.0829 e. The van der Waals surface area contributed by atoms with Gasteiger partial charge in [-0.3, -0.25) is 0 Å². The summed E-state index contributed by atoms with van der Waals surface area (Å²) in [6.45, 7) is 66.3. The molecule has 0 radical (unpaired) electrons. The van der Waals surface area contributed by atoms with Gasteiger partial charge in [0.2, 0.25) is 0 Å². The fourth-order valence-corrected chi connectivity index (χ4v) is 0.0680. The Labute approximate surface area is 185 Å².